The van der Waals surface area contributed by atoms with Gasteiger partial charge < -0.3 is 9.64 Å². The van der Waals surface area contributed by atoms with Crippen molar-refractivity contribution in [1.29, 1.82) is 0 Å². The maximum absolute atomic E-state index is 12.9. The van der Waals surface area contributed by atoms with E-state index in [9.17, 15) is 9.59 Å². The predicted molar refractivity (Wildman–Crippen MR) is 92.2 cm³/mol. The zero-order valence-corrected chi connectivity index (χ0v) is 15.1. The average Bonchev–Trinajstić information content (AvgIpc) is 2.51. The van der Waals surface area contributed by atoms with E-state index < -0.39 is 5.60 Å². The third-order valence-electron chi connectivity index (χ3n) is 4.27. The van der Waals surface area contributed by atoms with E-state index >= 15 is 0 Å². The Morgan fingerprint density at radius 3 is 2.62 bits per heavy atom. The molecular formula is C19H28N2O3. The molecule has 0 N–H and O–H groups in total. The van der Waals surface area contributed by atoms with Gasteiger partial charge in [0.15, 0.2) is 0 Å². The fraction of sp³-hybridized carbons (Fsp3) is 0.632. The molecule has 2 atom stereocenters. The van der Waals surface area contributed by atoms with Gasteiger partial charge in [-0.15, -0.1) is 0 Å². The first-order valence-electron chi connectivity index (χ1n) is 8.74. The van der Waals surface area contributed by atoms with Crippen LogP contribution in [0, 0.1) is 5.92 Å². The summed E-state index contributed by atoms with van der Waals surface area (Å²) in [6.45, 7) is 8.35. The van der Waals surface area contributed by atoms with Crippen molar-refractivity contribution in [3.8, 4) is 0 Å². The van der Waals surface area contributed by atoms with Gasteiger partial charge >= 0.3 is 5.97 Å². The predicted octanol–water partition coefficient (Wildman–Crippen LogP) is 3.50. The van der Waals surface area contributed by atoms with Gasteiger partial charge in [0.25, 0.3) is 0 Å². The molecule has 0 aliphatic carbocycles. The molecule has 1 aromatic heterocycles. The van der Waals surface area contributed by atoms with Gasteiger partial charge in [-0.3, -0.25) is 14.6 Å². The van der Waals surface area contributed by atoms with Gasteiger partial charge in [0.2, 0.25) is 5.91 Å². The number of pyridine rings is 1. The van der Waals surface area contributed by atoms with Crippen LogP contribution in [0.2, 0.25) is 0 Å². The Hall–Kier alpha value is -1.91. The van der Waals surface area contributed by atoms with Crippen LogP contribution in [0.1, 0.15) is 65.0 Å². The molecule has 1 aromatic rings. The molecule has 24 heavy (non-hydrogen) atoms. The fourth-order valence-electron chi connectivity index (χ4n) is 3.28. The van der Waals surface area contributed by atoms with Gasteiger partial charge in [-0.25, -0.2) is 0 Å². The Morgan fingerprint density at radius 1 is 1.38 bits per heavy atom. The Morgan fingerprint density at radius 2 is 2.04 bits per heavy atom. The average molecular weight is 332 g/mol. The number of esters is 1. The Bertz CT molecular complexity index is 566. The highest BCUT2D eigenvalue weighted by Crippen LogP contribution is 2.31. The smallest absolute Gasteiger partial charge is 0.307 e. The van der Waals surface area contributed by atoms with E-state index in [1.807, 2.05) is 37.8 Å². The summed E-state index contributed by atoms with van der Waals surface area (Å²) < 4.78 is 5.38. The first kappa shape index (κ1) is 18.4. The third kappa shape index (κ3) is 4.79. The zero-order chi connectivity index (χ0) is 17.7. The summed E-state index contributed by atoms with van der Waals surface area (Å²) in [5.74, 6) is -0.500. The number of piperidine rings is 1. The van der Waals surface area contributed by atoms with Crippen LogP contribution in [0.3, 0.4) is 0 Å². The lowest BCUT2D eigenvalue weighted by atomic mass is 9.91. The summed E-state index contributed by atoms with van der Waals surface area (Å²) in [4.78, 5) is 31.0. The maximum Gasteiger partial charge on any atom is 0.307 e. The molecule has 2 heterocycles. The van der Waals surface area contributed by atoms with E-state index in [4.69, 9.17) is 4.74 Å². The molecule has 2 unspecified atom stereocenters. The second-order valence-corrected chi connectivity index (χ2v) is 7.37. The number of amides is 1. The Kier molecular flexibility index (Phi) is 5.97. The van der Waals surface area contributed by atoms with Crippen LogP contribution in [0.25, 0.3) is 0 Å². The highest BCUT2D eigenvalue weighted by Gasteiger charge is 2.35. The van der Waals surface area contributed by atoms with Crippen molar-refractivity contribution < 1.29 is 14.3 Å². The molecule has 1 aliphatic rings. The number of ether oxygens (including phenoxy) is 1. The Labute approximate surface area is 144 Å². The van der Waals surface area contributed by atoms with Gasteiger partial charge in [-0.1, -0.05) is 6.92 Å². The third-order valence-corrected chi connectivity index (χ3v) is 4.27. The topological polar surface area (TPSA) is 59.5 Å². The number of carbonyl (C=O) groups is 2. The van der Waals surface area contributed by atoms with Crippen molar-refractivity contribution in [1.82, 2.24) is 9.88 Å². The molecule has 1 amide bonds. The number of hydrogen-bond acceptors (Lipinski definition) is 4. The quantitative estimate of drug-likeness (QED) is 0.774. The lowest BCUT2D eigenvalue weighted by molar-refractivity contribution is -0.160. The van der Waals surface area contributed by atoms with E-state index in [1.165, 1.54) is 0 Å². The van der Waals surface area contributed by atoms with E-state index in [0.29, 0.717) is 0 Å². The highest BCUT2D eigenvalue weighted by atomic mass is 16.6. The summed E-state index contributed by atoms with van der Waals surface area (Å²) in [5, 5.41) is 0. The molecule has 0 bridgehead atoms. The van der Waals surface area contributed by atoms with Crippen LogP contribution >= 0.6 is 0 Å². The molecule has 5 nitrogen and oxygen atoms in total. The standard InChI is InChI=1S/C19H28N2O3/c1-5-16(14-8-10-20-11-9-14)21-12-6-7-15(18(21)23)13-17(22)24-19(2,3)4/h8-11,15-16H,5-7,12-13H2,1-4H3. The van der Waals surface area contributed by atoms with Crippen molar-refractivity contribution in [2.24, 2.45) is 5.92 Å². The van der Waals surface area contributed by atoms with Gasteiger partial charge in [-0.05, 0) is 57.7 Å². The number of aromatic nitrogens is 1. The van der Waals surface area contributed by atoms with Gasteiger partial charge in [0.1, 0.15) is 5.60 Å². The SMILES string of the molecule is CCC(c1ccncc1)N1CCCC(CC(=O)OC(C)(C)C)C1=O. The number of carbonyl (C=O) groups excluding carboxylic acids is 2. The summed E-state index contributed by atoms with van der Waals surface area (Å²) in [5.41, 5.74) is 0.580. The molecule has 2 rings (SSSR count). The normalized spacial score (nSPS) is 19.9. The minimum absolute atomic E-state index is 0.0435. The highest BCUT2D eigenvalue weighted by molar-refractivity contribution is 5.84. The van der Waals surface area contributed by atoms with Gasteiger partial charge in [0.05, 0.1) is 12.5 Å². The molecule has 0 spiro atoms. The minimum atomic E-state index is -0.516. The molecule has 132 valence electrons. The van der Waals surface area contributed by atoms with Crippen LogP contribution in [0.15, 0.2) is 24.5 Å². The van der Waals surface area contributed by atoms with Crippen LogP contribution < -0.4 is 0 Å². The number of nitrogens with zero attached hydrogens (tertiary/aromatic N) is 2. The molecular weight excluding hydrogens is 304 g/mol. The van der Waals surface area contributed by atoms with Crippen molar-refractivity contribution in [3.63, 3.8) is 0 Å². The van der Waals surface area contributed by atoms with Crippen LogP contribution in [-0.2, 0) is 14.3 Å². The summed E-state index contributed by atoms with van der Waals surface area (Å²) in [6.07, 6.45) is 6.19. The summed E-state index contributed by atoms with van der Waals surface area (Å²) >= 11 is 0. The number of rotatable bonds is 5. The number of hydrogen-bond donors (Lipinski definition) is 0. The van der Waals surface area contributed by atoms with E-state index in [2.05, 4.69) is 11.9 Å². The summed E-state index contributed by atoms with van der Waals surface area (Å²) in [7, 11) is 0. The second-order valence-electron chi connectivity index (χ2n) is 7.37. The Balaban J connectivity index is 2.07. The van der Waals surface area contributed by atoms with Gasteiger partial charge in [0, 0.05) is 24.9 Å². The second kappa shape index (κ2) is 7.77. The van der Waals surface area contributed by atoms with Crippen LogP contribution in [0.5, 0.6) is 0 Å². The van der Waals surface area contributed by atoms with E-state index in [0.717, 1.165) is 31.4 Å². The first-order chi connectivity index (χ1) is 11.3. The number of likely N-dealkylation sites (tertiary alicyclic amines) is 1. The van der Waals surface area contributed by atoms with Crippen molar-refractivity contribution >= 4 is 11.9 Å². The molecule has 1 saturated heterocycles. The summed E-state index contributed by atoms with van der Waals surface area (Å²) in [6, 6.07) is 3.96. The lowest BCUT2D eigenvalue weighted by Crippen LogP contribution is -2.44. The largest absolute Gasteiger partial charge is 0.460 e. The van der Waals surface area contributed by atoms with Crippen molar-refractivity contribution in [2.75, 3.05) is 6.54 Å². The van der Waals surface area contributed by atoms with Crippen molar-refractivity contribution in [2.45, 2.75) is 65.0 Å². The zero-order valence-electron chi connectivity index (χ0n) is 15.1. The van der Waals surface area contributed by atoms with Gasteiger partial charge in [-0.2, -0.15) is 0 Å². The monoisotopic (exact) mass is 332 g/mol. The van der Waals surface area contributed by atoms with E-state index in [1.54, 1.807) is 12.4 Å². The molecule has 1 fully saturated rings. The molecule has 0 radical (unpaired) electrons. The maximum atomic E-state index is 12.9. The first-order valence-corrected chi connectivity index (χ1v) is 8.74. The molecule has 0 saturated carbocycles. The van der Waals surface area contributed by atoms with Crippen LogP contribution in [-0.4, -0.2) is 33.9 Å². The van der Waals surface area contributed by atoms with Crippen LogP contribution in [0.4, 0.5) is 0 Å². The minimum Gasteiger partial charge on any atom is -0.460 e. The van der Waals surface area contributed by atoms with E-state index in [-0.39, 0.29) is 30.3 Å². The fourth-order valence-corrected chi connectivity index (χ4v) is 3.28. The molecule has 1 aliphatic heterocycles. The molecule has 5 heteroatoms. The van der Waals surface area contributed by atoms with Crippen molar-refractivity contribution in [3.05, 3.63) is 30.1 Å². The molecule has 0 aromatic carbocycles. The lowest BCUT2D eigenvalue weighted by Gasteiger charge is -2.38.